The Morgan fingerprint density at radius 2 is 1.88 bits per heavy atom. The maximum Gasteiger partial charge on any atom is 0.318 e. The number of rotatable bonds is 8. The van der Waals surface area contributed by atoms with Crippen LogP contribution in [0.1, 0.15) is 48.7 Å². The number of aliphatic hydroxyl groups is 1. The number of aromatic nitrogens is 4. The third kappa shape index (κ3) is 5.20. The molecule has 1 aromatic carbocycles. The number of nitrogens with two attached hydrogens (primary N) is 1. The number of anilines is 2. The summed E-state index contributed by atoms with van der Waals surface area (Å²) in [6, 6.07) is 14.9. The Kier molecular flexibility index (Phi) is 6.60. The molecule has 2 aliphatic heterocycles. The molecule has 0 radical (unpaired) electrons. The first-order valence-electron chi connectivity index (χ1n) is 14.7. The zero-order valence-corrected chi connectivity index (χ0v) is 24.0. The fourth-order valence-corrected chi connectivity index (χ4v) is 6.37. The van der Waals surface area contributed by atoms with Crippen LogP contribution in [0.15, 0.2) is 54.7 Å². The van der Waals surface area contributed by atoms with Crippen LogP contribution in [0.25, 0.3) is 5.65 Å². The number of piperidine rings is 1. The zero-order valence-electron chi connectivity index (χ0n) is 24.0. The van der Waals surface area contributed by atoms with Crippen molar-refractivity contribution in [1.82, 2.24) is 29.8 Å². The number of halogens is 1. The van der Waals surface area contributed by atoms with Crippen LogP contribution in [0, 0.1) is 12.9 Å². The number of nitrogen functional groups attached to an aromatic ring is 1. The van der Waals surface area contributed by atoms with Crippen molar-refractivity contribution in [2.75, 3.05) is 43.4 Å². The third-order valence-electron chi connectivity index (χ3n) is 9.10. The number of hydrogen-bond donors (Lipinski definition) is 3. The quantitative estimate of drug-likeness (QED) is 0.268. The van der Waals surface area contributed by atoms with Crippen LogP contribution in [0.5, 0.6) is 5.75 Å². The summed E-state index contributed by atoms with van der Waals surface area (Å²) in [6.45, 7) is 4.17. The van der Waals surface area contributed by atoms with Gasteiger partial charge in [0.1, 0.15) is 11.9 Å². The molecular weight excluding hydrogens is 551 g/mol. The molecule has 1 unspecified atom stereocenters. The molecule has 11 nitrogen and oxygen atoms in total. The van der Waals surface area contributed by atoms with Gasteiger partial charge in [0.25, 0.3) is 0 Å². The van der Waals surface area contributed by atoms with Crippen molar-refractivity contribution in [3.63, 3.8) is 0 Å². The number of fused-ring (bicyclic) bond motifs is 1. The maximum absolute atomic E-state index is 13.7. The molecule has 4 aromatic rings. The molecular formula is C31H35FN8O3. The van der Waals surface area contributed by atoms with Crippen molar-refractivity contribution in [3.05, 3.63) is 77.6 Å². The van der Waals surface area contributed by atoms with Gasteiger partial charge in [0, 0.05) is 25.0 Å². The number of aryl methyl sites for hydroxylation is 1. The van der Waals surface area contributed by atoms with E-state index in [4.69, 9.17) is 10.5 Å². The number of hydrogen-bond acceptors (Lipinski definition) is 8. The number of amides is 2. The van der Waals surface area contributed by atoms with Crippen LogP contribution in [0.2, 0.25) is 0 Å². The summed E-state index contributed by atoms with van der Waals surface area (Å²) in [5.74, 6) is 0.796. The molecule has 7 rings (SSSR count). The Labute approximate surface area is 248 Å². The first-order chi connectivity index (χ1) is 20.7. The van der Waals surface area contributed by atoms with Crippen LogP contribution in [0.3, 0.4) is 0 Å². The minimum atomic E-state index is -1.06. The van der Waals surface area contributed by atoms with E-state index in [1.165, 1.54) is 17.7 Å². The van der Waals surface area contributed by atoms with Crippen molar-refractivity contribution >= 4 is 23.2 Å². The maximum atomic E-state index is 13.7. The van der Waals surface area contributed by atoms with E-state index in [2.05, 4.69) is 44.6 Å². The number of urea groups is 1. The second-order valence-electron chi connectivity index (χ2n) is 12.2. The minimum Gasteiger partial charge on any atom is -0.491 e. The number of carbonyl (C=O) groups is 1. The summed E-state index contributed by atoms with van der Waals surface area (Å²) in [7, 11) is 0. The largest absolute Gasteiger partial charge is 0.491 e. The Balaban J connectivity index is 0.993. The zero-order chi connectivity index (χ0) is 29.8. The molecule has 1 atom stereocenters. The van der Waals surface area contributed by atoms with E-state index in [0.29, 0.717) is 62.0 Å². The Hall–Kier alpha value is -4.45. The fourth-order valence-electron chi connectivity index (χ4n) is 6.37. The van der Waals surface area contributed by atoms with Crippen LogP contribution in [-0.2, 0) is 5.41 Å². The first-order valence-corrected chi connectivity index (χ1v) is 14.7. The highest BCUT2D eigenvalue weighted by Gasteiger charge is 2.46. The summed E-state index contributed by atoms with van der Waals surface area (Å²) in [5, 5.41) is 18.7. The van der Waals surface area contributed by atoms with Gasteiger partial charge in [-0.25, -0.2) is 19.3 Å². The lowest BCUT2D eigenvalue weighted by molar-refractivity contribution is 0.121. The fraction of sp³-hybridized carbons (Fsp3) is 0.419. The van der Waals surface area contributed by atoms with Gasteiger partial charge in [-0.15, -0.1) is 5.10 Å². The smallest absolute Gasteiger partial charge is 0.318 e. The number of benzene rings is 1. The Morgan fingerprint density at radius 1 is 1.12 bits per heavy atom. The van der Waals surface area contributed by atoms with Gasteiger partial charge in [-0.2, -0.15) is 4.39 Å². The summed E-state index contributed by atoms with van der Waals surface area (Å²) < 4.78 is 21.6. The second kappa shape index (κ2) is 10.4. The van der Waals surface area contributed by atoms with E-state index in [0.717, 1.165) is 18.4 Å². The van der Waals surface area contributed by atoms with E-state index in [1.807, 2.05) is 24.0 Å². The van der Waals surface area contributed by atoms with Crippen LogP contribution >= 0.6 is 0 Å². The van der Waals surface area contributed by atoms with Crippen LogP contribution in [-0.4, -0.2) is 73.9 Å². The Morgan fingerprint density at radius 3 is 2.63 bits per heavy atom. The van der Waals surface area contributed by atoms with Gasteiger partial charge in [0.15, 0.2) is 17.3 Å². The molecule has 4 N–H and O–H groups in total. The summed E-state index contributed by atoms with van der Waals surface area (Å²) >= 11 is 0. The van der Waals surface area contributed by atoms with Gasteiger partial charge in [0.05, 0.1) is 30.6 Å². The highest BCUT2D eigenvalue weighted by molar-refractivity contribution is 5.78. The SMILES string of the molecule is Cc1cc(OCC2(c3ccccc3)CC2)cn2nc(C(O)CN3CC4(CCN(c5nc(F)ccc5N)CC4)NC3=O)nc12. The summed E-state index contributed by atoms with van der Waals surface area (Å²) in [6.07, 6.45) is 4.21. The topological polar surface area (TPSA) is 134 Å². The molecule has 5 heterocycles. The molecule has 3 aliphatic rings. The number of nitrogens with one attached hydrogen (secondary N) is 1. The van der Waals surface area contributed by atoms with Gasteiger partial charge >= 0.3 is 6.03 Å². The number of nitrogens with zero attached hydrogens (tertiary/aromatic N) is 6. The van der Waals surface area contributed by atoms with Crippen LogP contribution in [0.4, 0.5) is 20.7 Å². The van der Waals surface area contributed by atoms with Gasteiger partial charge < -0.3 is 30.7 Å². The summed E-state index contributed by atoms with van der Waals surface area (Å²) in [4.78, 5) is 25.0. The molecule has 224 valence electrons. The number of aliphatic hydroxyl groups excluding tert-OH is 1. The number of carbonyl (C=O) groups excluding carboxylic acids is 1. The molecule has 3 aromatic heterocycles. The van der Waals surface area contributed by atoms with Gasteiger partial charge in [-0.05, 0) is 61.9 Å². The summed E-state index contributed by atoms with van der Waals surface area (Å²) in [5.41, 5.74) is 8.87. The highest BCUT2D eigenvalue weighted by Crippen LogP contribution is 2.48. The van der Waals surface area contributed by atoms with E-state index < -0.39 is 17.6 Å². The molecule has 0 bridgehead atoms. The lowest BCUT2D eigenvalue weighted by Gasteiger charge is -2.39. The molecule has 1 spiro atoms. The second-order valence-corrected chi connectivity index (χ2v) is 12.2. The van der Waals surface area contributed by atoms with Gasteiger partial charge in [-0.1, -0.05) is 30.3 Å². The van der Waals surface area contributed by atoms with Crippen molar-refractivity contribution < 1.29 is 19.0 Å². The van der Waals surface area contributed by atoms with Gasteiger partial charge in [-0.3, -0.25) is 0 Å². The third-order valence-corrected chi connectivity index (χ3v) is 9.10. The highest BCUT2D eigenvalue weighted by atomic mass is 19.1. The van der Waals surface area contributed by atoms with E-state index >= 15 is 0 Å². The van der Waals surface area contributed by atoms with E-state index in [-0.39, 0.29) is 23.8 Å². The number of β-amino-alcohol motifs (C(OH)–C–C–N with tert-alkyl or cyclic N) is 1. The number of ether oxygens (including phenoxy) is 1. The first kappa shape index (κ1) is 27.4. The average Bonchev–Trinajstić information content (AvgIpc) is 3.57. The standard InChI is InChI=1S/C31H35FN8O3/c1-20-15-22(43-19-30(9-10-30)21-5-3-2-4-6-21)16-40-27(20)35-26(37-40)24(41)17-39-18-31(36-29(39)42)11-13-38(14-12-31)28-23(33)7-8-25(32)34-28/h2-8,15-16,24,41H,9-14,17-19,33H2,1H3,(H,36,42). The van der Waals surface area contributed by atoms with Crippen molar-refractivity contribution in [2.24, 2.45) is 0 Å². The molecule has 2 amide bonds. The lowest BCUT2D eigenvalue weighted by Crippen LogP contribution is -2.52. The van der Waals surface area contributed by atoms with Crippen molar-refractivity contribution in [2.45, 2.75) is 49.7 Å². The molecule has 43 heavy (non-hydrogen) atoms. The normalized spacial score (nSPS) is 19.6. The predicted molar refractivity (Wildman–Crippen MR) is 158 cm³/mol. The van der Waals surface area contributed by atoms with E-state index in [1.54, 1.807) is 15.6 Å². The predicted octanol–water partition coefficient (Wildman–Crippen LogP) is 3.36. The van der Waals surface area contributed by atoms with Crippen molar-refractivity contribution in [1.29, 1.82) is 0 Å². The molecule has 12 heteroatoms. The van der Waals surface area contributed by atoms with Crippen molar-refractivity contribution in [3.8, 4) is 5.75 Å². The lowest BCUT2D eigenvalue weighted by atomic mass is 9.88. The molecule has 3 fully saturated rings. The van der Waals surface area contributed by atoms with Gasteiger partial charge in [0.2, 0.25) is 5.95 Å². The Bertz CT molecular complexity index is 1670. The minimum absolute atomic E-state index is 0.0574. The molecule has 1 saturated carbocycles. The van der Waals surface area contributed by atoms with Crippen LogP contribution < -0.4 is 20.7 Å². The average molecular weight is 587 g/mol. The monoisotopic (exact) mass is 586 g/mol. The molecule has 1 aliphatic carbocycles. The van der Waals surface area contributed by atoms with E-state index in [9.17, 15) is 14.3 Å². The molecule has 2 saturated heterocycles. The number of pyridine rings is 2.